The van der Waals surface area contributed by atoms with E-state index >= 15 is 0 Å². The lowest BCUT2D eigenvalue weighted by Crippen LogP contribution is -2.22. The van der Waals surface area contributed by atoms with E-state index in [0.29, 0.717) is 12.5 Å². The van der Waals surface area contributed by atoms with E-state index < -0.39 is 0 Å². The molecule has 0 aromatic carbocycles. The first-order valence-electron chi connectivity index (χ1n) is 6.94. The molecule has 1 saturated heterocycles. The monoisotopic (exact) mass is 261 g/mol. The third-order valence-electron chi connectivity index (χ3n) is 3.78. The minimum atomic E-state index is 0.158. The zero-order valence-electron chi connectivity index (χ0n) is 12.1. The smallest absolute Gasteiger partial charge is 0.222 e. The highest BCUT2D eigenvalue weighted by Crippen LogP contribution is 2.28. The second kappa shape index (κ2) is 6.15. The molecule has 1 fully saturated rings. The van der Waals surface area contributed by atoms with Crippen LogP contribution in [0.1, 0.15) is 36.7 Å². The summed E-state index contributed by atoms with van der Waals surface area (Å²) >= 11 is 0. The number of rotatable bonds is 4. The SMILES string of the molecule is CN(C)C(=O)CCc1cccc(C2CCCN2C)n1. The summed E-state index contributed by atoms with van der Waals surface area (Å²) in [4.78, 5) is 20.3. The van der Waals surface area contributed by atoms with E-state index in [9.17, 15) is 4.79 Å². The van der Waals surface area contributed by atoms with Crippen LogP contribution in [0.5, 0.6) is 0 Å². The molecule has 2 heterocycles. The van der Waals surface area contributed by atoms with Crippen molar-refractivity contribution in [1.82, 2.24) is 14.8 Å². The summed E-state index contributed by atoms with van der Waals surface area (Å²) in [5.74, 6) is 0.158. The fourth-order valence-corrected chi connectivity index (χ4v) is 2.57. The van der Waals surface area contributed by atoms with Gasteiger partial charge in [-0.15, -0.1) is 0 Å². The third-order valence-corrected chi connectivity index (χ3v) is 3.78. The Bertz CT molecular complexity index is 445. The van der Waals surface area contributed by atoms with Crippen LogP contribution in [-0.2, 0) is 11.2 Å². The Morgan fingerprint density at radius 3 is 2.89 bits per heavy atom. The van der Waals surface area contributed by atoms with Crippen LogP contribution in [0.2, 0.25) is 0 Å². The molecule has 1 aromatic heterocycles. The molecule has 1 amide bonds. The second-order valence-corrected chi connectivity index (χ2v) is 5.48. The van der Waals surface area contributed by atoms with Crippen molar-refractivity contribution in [3.05, 3.63) is 29.6 Å². The normalized spacial score (nSPS) is 19.6. The van der Waals surface area contributed by atoms with Crippen LogP contribution < -0.4 is 0 Å². The van der Waals surface area contributed by atoms with Crippen LogP contribution in [-0.4, -0.2) is 48.4 Å². The number of aryl methyl sites for hydroxylation is 1. The van der Waals surface area contributed by atoms with Gasteiger partial charge in [-0.1, -0.05) is 6.07 Å². The zero-order chi connectivity index (χ0) is 13.8. The molecule has 1 aliphatic rings. The van der Waals surface area contributed by atoms with Gasteiger partial charge in [-0.25, -0.2) is 0 Å². The lowest BCUT2D eigenvalue weighted by molar-refractivity contribution is -0.128. The van der Waals surface area contributed by atoms with Gasteiger partial charge in [-0.3, -0.25) is 14.7 Å². The Balaban J connectivity index is 2.01. The van der Waals surface area contributed by atoms with Crippen LogP contribution in [0.25, 0.3) is 0 Å². The van der Waals surface area contributed by atoms with Gasteiger partial charge < -0.3 is 4.90 Å². The average molecular weight is 261 g/mol. The Morgan fingerprint density at radius 1 is 1.47 bits per heavy atom. The minimum Gasteiger partial charge on any atom is -0.349 e. The summed E-state index contributed by atoms with van der Waals surface area (Å²) in [7, 11) is 5.74. The molecule has 1 aliphatic heterocycles. The molecular formula is C15H23N3O. The average Bonchev–Trinajstić information content (AvgIpc) is 2.82. The van der Waals surface area contributed by atoms with Gasteiger partial charge in [0.15, 0.2) is 0 Å². The summed E-state index contributed by atoms with van der Waals surface area (Å²) in [5.41, 5.74) is 2.17. The van der Waals surface area contributed by atoms with E-state index in [1.165, 1.54) is 12.8 Å². The van der Waals surface area contributed by atoms with Gasteiger partial charge in [-0.05, 0) is 45.0 Å². The second-order valence-electron chi connectivity index (χ2n) is 5.48. The maximum Gasteiger partial charge on any atom is 0.222 e. The summed E-state index contributed by atoms with van der Waals surface area (Å²) in [6.45, 7) is 1.15. The number of carbonyl (C=O) groups excluding carboxylic acids is 1. The molecule has 2 rings (SSSR count). The molecule has 4 nitrogen and oxygen atoms in total. The number of hydrogen-bond donors (Lipinski definition) is 0. The van der Waals surface area contributed by atoms with Gasteiger partial charge in [0, 0.05) is 26.2 Å². The molecule has 4 heteroatoms. The highest BCUT2D eigenvalue weighted by molar-refractivity contribution is 5.75. The molecule has 1 aromatic rings. The van der Waals surface area contributed by atoms with E-state index in [-0.39, 0.29) is 5.91 Å². The molecule has 0 aliphatic carbocycles. The first-order valence-corrected chi connectivity index (χ1v) is 6.94. The molecular weight excluding hydrogens is 238 g/mol. The topological polar surface area (TPSA) is 36.4 Å². The third kappa shape index (κ3) is 3.53. The largest absolute Gasteiger partial charge is 0.349 e. The van der Waals surface area contributed by atoms with E-state index in [2.05, 4.69) is 24.1 Å². The fraction of sp³-hybridized carbons (Fsp3) is 0.600. The predicted octanol–water partition coefficient (Wildman–Crippen LogP) is 1.87. The lowest BCUT2D eigenvalue weighted by atomic mass is 10.1. The first-order chi connectivity index (χ1) is 9.08. The number of aromatic nitrogens is 1. The number of carbonyl (C=O) groups is 1. The Hall–Kier alpha value is -1.42. The predicted molar refractivity (Wildman–Crippen MR) is 75.9 cm³/mol. The first kappa shape index (κ1) is 14.0. The van der Waals surface area contributed by atoms with Crippen molar-refractivity contribution in [1.29, 1.82) is 0 Å². The summed E-state index contributed by atoms with van der Waals surface area (Å²) in [6, 6.07) is 6.62. The van der Waals surface area contributed by atoms with Crippen molar-refractivity contribution >= 4 is 5.91 Å². The van der Waals surface area contributed by atoms with Crippen molar-refractivity contribution in [2.45, 2.75) is 31.7 Å². The summed E-state index contributed by atoms with van der Waals surface area (Å²) < 4.78 is 0. The Morgan fingerprint density at radius 2 is 2.26 bits per heavy atom. The van der Waals surface area contributed by atoms with E-state index in [1.807, 2.05) is 6.07 Å². The van der Waals surface area contributed by atoms with Gasteiger partial charge in [0.05, 0.1) is 11.7 Å². The van der Waals surface area contributed by atoms with Crippen molar-refractivity contribution in [2.75, 3.05) is 27.7 Å². The van der Waals surface area contributed by atoms with E-state index in [0.717, 1.165) is 24.4 Å². The molecule has 104 valence electrons. The molecule has 1 atom stereocenters. The molecule has 0 bridgehead atoms. The standard InChI is InChI=1S/C15H23N3O/c1-17(2)15(19)10-9-12-6-4-7-13(16-12)14-8-5-11-18(14)3/h4,6-7,14H,5,8-11H2,1-3H3. The quantitative estimate of drug-likeness (QED) is 0.830. The molecule has 1 unspecified atom stereocenters. The zero-order valence-corrected chi connectivity index (χ0v) is 12.1. The summed E-state index contributed by atoms with van der Waals surface area (Å²) in [6.07, 6.45) is 3.68. The molecule has 0 N–H and O–H groups in total. The Labute approximate surface area is 115 Å². The van der Waals surface area contributed by atoms with Gasteiger partial charge in [0.1, 0.15) is 0 Å². The van der Waals surface area contributed by atoms with Gasteiger partial charge >= 0.3 is 0 Å². The van der Waals surface area contributed by atoms with Crippen molar-refractivity contribution in [2.24, 2.45) is 0 Å². The van der Waals surface area contributed by atoms with Crippen molar-refractivity contribution in [3.8, 4) is 0 Å². The maximum absolute atomic E-state index is 11.6. The van der Waals surface area contributed by atoms with Crippen LogP contribution in [0.4, 0.5) is 0 Å². The fourth-order valence-electron chi connectivity index (χ4n) is 2.57. The summed E-state index contributed by atoms with van der Waals surface area (Å²) in [5, 5.41) is 0. The van der Waals surface area contributed by atoms with E-state index in [4.69, 9.17) is 4.98 Å². The lowest BCUT2D eigenvalue weighted by Gasteiger charge is -2.19. The highest BCUT2D eigenvalue weighted by atomic mass is 16.2. The van der Waals surface area contributed by atoms with Gasteiger partial charge in [0.2, 0.25) is 5.91 Å². The van der Waals surface area contributed by atoms with Crippen LogP contribution in [0.15, 0.2) is 18.2 Å². The molecule has 0 radical (unpaired) electrons. The number of nitrogens with zero attached hydrogens (tertiary/aromatic N) is 3. The van der Waals surface area contributed by atoms with Gasteiger partial charge in [0.25, 0.3) is 0 Å². The molecule has 0 saturated carbocycles. The molecule has 19 heavy (non-hydrogen) atoms. The van der Waals surface area contributed by atoms with Crippen molar-refractivity contribution in [3.63, 3.8) is 0 Å². The number of amides is 1. The maximum atomic E-state index is 11.6. The molecule has 0 spiro atoms. The van der Waals surface area contributed by atoms with Crippen LogP contribution >= 0.6 is 0 Å². The highest BCUT2D eigenvalue weighted by Gasteiger charge is 2.23. The number of hydrogen-bond acceptors (Lipinski definition) is 3. The number of likely N-dealkylation sites (tertiary alicyclic amines) is 1. The minimum absolute atomic E-state index is 0.158. The van der Waals surface area contributed by atoms with Gasteiger partial charge in [-0.2, -0.15) is 0 Å². The van der Waals surface area contributed by atoms with Crippen LogP contribution in [0, 0.1) is 0 Å². The Kier molecular flexibility index (Phi) is 4.53. The van der Waals surface area contributed by atoms with Crippen molar-refractivity contribution < 1.29 is 4.79 Å². The van der Waals surface area contributed by atoms with Crippen LogP contribution in [0.3, 0.4) is 0 Å². The van der Waals surface area contributed by atoms with E-state index in [1.54, 1.807) is 19.0 Å². The number of pyridine rings is 1.